The molecular formula is C18H17N3O2S. The number of para-hydroxylation sites is 1. The van der Waals surface area contributed by atoms with Crippen molar-refractivity contribution in [2.24, 2.45) is 0 Å². The molecule has 5 nitrogen and oxygen atoms in total. The Bertz CT molecular complexity index is 918. The zero-order chi connectivity index (χ0) is 16.8. The molecule has 24 heavy (non-hydrogen) atoms. The third kappa shape index (κ3) is 4.18. The van der Waals surface area contributed by atoms with Crippen LogP contribution in [0.25, 0.3) is 11.8 Å². The van der Waals surface area contributed by atoms with Crippen molar-refractivity contribution in [1.29, 1.82) is 0 Å². The van der Waals surface area contributed by atoms with E-state index in [1.54, 1.807) is 17.0 Å². The lowest BCUT2D eigenvalue weighted by atomic mass is 10.2. The Hall–Kier alpha value is -2.70. The van der Waals surface area contributed by atoms with E-state index in [0.29, 0.717) is 0 Å². The van der Waals surface area contributed by atoms with Gasteiger partial charge in [0.05, 0.1) is 5.69 Å². The molecule has 1 N–H and O–H groups in total. The molecule has 0 aliphatic heterocycles. The highest BCUT2D eigenvalue weighted by Crippen LogP contribution is 2.13. The fourth-order valence-corrected chi connectivity index (χ4v) is 3.04. The standard InChI is InChI=1S/C18H17N3O2S/c22-24(23,14-11-16-7-2-1-3-8-16)20-15-17-9-4-5-10-18(17)21-13-6-12-19-21/h1-14,20H,15H2. The van der Waals surface area contributed by atoms with Gasteiger partial charge in [-0.15, -0.1) is 0 Å². The molecule has 3 aromatic rings. The summed E-state index contributed by atoms with van der Waals surface area (Å²) in [7, 11) is -3.52. The number of hydrogen-bond acceptors (Lipinski definition) is 3. The lowest BCUT2D eigenvalue weighted by Gasteiger charge is -2.09. The lowest BCUT2D eigenvalue weighted by molar-refractivity contribution is 0.590. The van der Waals surface area contributed by atoms with Crippen molar-refractivity contribution >= 4 is 16.1 Å². The van der Waals surface area contributed by atoms with Gasteiger partial charge in [-0.3, -0.25) is 0 Å². The molecule has 0 spiro atoms. The molecule has 0 fully saturated rings. The van der Waals surface area contributed by atoms with E-state index in [2.05, 4.69) is 9.82 Å². The first kappa shape index (κ1) is 16.2. The maximum Gasteiger partial charge on any atom is 0.234 e. The average Bonchev–Trinajstić information content (AvgIpc) is 3.14. The van der Waals surface area contributed by atoms with Crippen molar-refractivity contribution < 1.29 is 8.42 Å². The van der Waals surface area contributed by atoms with E-state index < -0.39 is 10.0 Å². The van der Waals surface area contributed by atoms with Gasteiger partial charge in [-0.1, -0.05) is 48.5 Å². The van der Waals surface area contributed by atoms with Gasteiger partial charge in [0.1, 0.15) is 0 Å². The minimum atomic E-state index is -3.52. The first-order chi connectivity index (χ1) is 11.6. The molecule has 1 heterocycles. The van der Waals surface area contributed by atoms with Gasteiger partial charge in [0, 0.05) is 24.3 Å². The summed E-state index contributed by atoms with van der Waals surface area (Å²) in [6.07, 6.45) is 5.08. The molecule has 0 bridgehead atoms. The highest BCUT2D eigenvalue weighted by atomic mass is 32.2. The molecular weight excluding hydrogens is 322 g/mol. The van der Waals surface area contributed by atoms with Crippen molar-refractivity contribution in [3.8, 4) is 5.69 Å². The van der Waals surface area contributed by atoms with Crippen LogP contribution in [0.4, 0.5) is 0 Å². The van der Waals surface area contributed by atoms with Gasteiger partial charge in [-0.25, -0.2) is 17.8 Å². The lowest BCUT2D eigenvalue weighted by Crippen LogP contribution is -2.21. The first-order valence-corrected chi connectivity index (χ1v) is 8.99. The van der Waals surface area contributed by atoms with Crippen LogP contribution in [-0.2, 0) is 16.6 Å². The van der Waals surface area contributed by atoms with Gasteiger partial charge in [0.25, 0.3) is 0 Å². The number of hydrogen-bond donors (Lipinski definition) is 1. The van der Waals surface area contributed by atoms with E-state index in [0.717, 1.165) is 16.8 Å². The van der Waals surface area contributed by atoms with Crippen molar-refractivity contribution in [3.05, 3.63) is 89.6 Å². The molecule has 0 unspecified atom stereocenters. The number of aromatic nitrogens is 2. The van der Waals surface area contributed by atoms with Gasteiger partial charge >= 0.3 is 0 Å². The summed E-state index contributed by atoms with van der Waals surface area (Å²) < 4.78 is 28.6. The largest absolute Gasteiger partial charge is 0.241 e. The van der Waals surface area contributed by atoms with Crippen LogP contribution in [-0.4, -0.2) is 18.2 Å². The van der Waals surface area contributed by atoms with Crippen LogP contribution in [0, 0.1) is 0 Å². The van der Waals surface area contributed by atoms with Gasteiger partial charge in [0.15, 0.2) is 0 Å². The highest BCUT2D eigenvalue weighted by Gasteiger charge is 2.09. The van der Waals surface area contributed by atoms with E-state index in [1.807, 2.05) is 66.9 Å². The van der Waals surface area contributed by atoms with Crippen molar-refractivity contribution in [3.63, 3.8) is 0 Å². The predicted octanol–water partition coefficient (Wildman–Crippen LogP) is 2.96. The van der Waals surface area contributed by atoms with Crippen LogP contribution in [0.5, 0.6) is 0 Å². The van der Waals surface area contributed by atoms with E-state index in [-0.39, 0.29) is 6.54 Å². The second kappa shape index (κ2) is 7.25. The minimum Gasteiger partial charge on any atom is -0.241 e. The predicted molar refractivity (Wildman–Crippen MR) is 94.8 cm³/mol. The minimum absolute atomic E-state index is 0.192. The zero-order valence-corrected chi connectivity index (χ0v) is 13.7. The fourth-order valence-electron chi connectivity index (χ4n) is 2.25. The van der Waals surface area contributed by atoms with Crippen LogP contribution in [0.1, 0.15) is 11.1 Å². The molecule has 0 radical (unpaired) electrons. The Morgan fingerprint density at radius 1 is 1.00 bits per heavy atom. The number of nitrogens with zero attached hydrogens (tertiary/aromatic N) is 2. The number of sulfonamides is 1. The monoisotopic (exact) mass is 339 g/mol. The van der Waals surface area contributed by atoms with Crippen LogP contribution in [0.2, 0.25) is 0 Å². The number of nitrogens with one attached hydrogen (secondary N) is 1. The van der Waals surface area contributed by atoms with Crippen molar-refractivity contribution in [2.45, 2.75) is 6.54 Å². The van der Waals surface area contributed by atoms with Crippen molar-refractivity contribution in [1.82, 2.24) is 14.5 Å². The van der Waals surface area contributed by atoms with E-state index in [4.69, 9.17) is 0 Å². The topological polar surface area (TPSA) is 64.0 Å². The SMILES string of the molecule is O=S(=O)(C=Cc1ccccc1)NCc1ccccc1-n1cccn1. The van der Waals surface area contributed by atoms with Crippen LogP contribution in [0.3, 0.4) is 0 Å². The number of benzene rings is 2. The third-order valence-electron chi connectivity index (χ3n) is 3.45. The van der Waals surface area contributed by atoms with Crippen LogP contribution >= 0.6 is 0 Å². The quantitative estimate of drug-likeness (QED) is 0.751. The van der Waals surface area contributed by atoms with E-state index in [9.17, 15) is 8.42 Å². The molecule has 6 heteroatoms. The van der Waals surface area contributed by atoms with Crippen molar-refractivity contribution in [2.75, 3.05) is 0 Å². The normalized spacial score (nSPS) is 11.8. The molecule has 0 atom stereocenters. The Balaban J connectivity index is 1.73. The Morgan fingerprint density at radius 2 is 1.75 bits per heavy atom. The van der Waals surface area contributed by atoms with Gasteiger partial charge in [0.2, 0.25) is 10.0 Å². The Kier molecular flexibility index (Phi) is 4.88. The summed E-state index contributed by atoms with van der Waals surface area (Å²) in [6, 6.07) is 18.7. The summed E-state index contributed by atoms with van der Waals surface area (Å²) >= 11 is 0. The summed E-state index contributed by atoms with van der Waals surface area (Å²) in [5, 5.41) is 5.37. The molecule has 122 valence electrons. The molecule has 3 rings (SSSR count). The summed E-state index contributed by atoms with van der Waals surface area (Å²) in [5.74, 6) is 0. The summed E-state index contributed by atoms with van der Waals surface area (Å²) in [6.45, 7) is 0.192. The Morgan fingerprint density at radius 3 is 2.50 bits per heavy atom. The molecule has 0 saturated heterocycles. The fraction of sp³-hybridized carbons (Fsp3) is 0.0556. The summed E-state index contributed by atoms with van der Waals surface area (Å²) in [5.41, 5.74) is 2.52. The van der Waals surface area contributed by atoms with E-state index in [1.165, 1.54) is 5.41 Å². The zero-order valence-electron chi connectivity index (χ0n) is 12.9. The molecule has 0 aliphatic carbocycles. The smallest absolute Gasteiger partial charge is 0.234 e. The second-order valence-electron chi connectivity index (χ2n) is 5.16. The molecule has 0 aliphatic rings. The highest BCUT2D eigenvalue weighted by molar-refractivity contribution is 7.92. The molecule has 0 saturated carbocycles. The molecule has 2 aromatic carbocycles. The Labute approximate surface area is 141 Å². The first-order valence-electron chi connectivity index (χ1n) is 7.45. The maximum absolute atomic E-state index is 12.2. The maximum atomic E-state index is 12.2. The van der Waals surface area contributed by atoms with Gasteiger partial charge < -0.3 is 0 Å². The number of rotatable bonds is 6. The van der Waals surface area contributed by atoms with E-state index >= 15 is 0 Å². The van der Waals surface area contributed by atoms with Gasteiger partial charge in [-0.05, 0) is 29.3 Å². The average molecular weight is 339 g/mol. The van der Waals surface area contributed by atoms with Crippen LogP contribution < -0.4 is 4.72 Å². The summed E-state index contributed by atoms with van der Waals surface area (Å²) in [4.78, 5) is 0. The second-order valence-corrected chi connectivity index (χ2v) is 6.81. The molecule has 1 aromatic heterocycles. The molecule has 0 amide bonds. The van der Waals surface area contributed by atoms with Crippen LogP contribution in [0.15, 0.2) is 78.5 Å². The third-order valence-corrected chi connectivity index (χ3v) is 4.49. The van der Waals surface area contributed by atoms with Gasteiger partial charge in [-0.2, -0.15) is 5.10 Å².